The van der Waals surface area contributed by atoms with Gasteiger partial charge in [0.05, 0.1) is 37.1 Å². The number of pyridine rings is 1. The summed E-state index contributed by atoms with van der Waals surface area (Å²) in [7, 11) is 3.22. The quantitative estimate of drug-likeness (QED) is 0.365. The number of piperazine rings is 1. The lowest BCUT2D eigenvalue weighted by atomic mass is 10.2. The summed E-state index contributed by atoms with van der Waals surface area (Å²) >= 11 is 1.57. The van der Waals surface area contributed by atoms with Crippen LogP contribution in [-0.2, 0) is 11.3 Å². The second-order valence-electron chi connectivity index (χ2n) is 8.92. The van der Waals surface area contributed by atoms with Crippen LogP contribution in [0.1, 0.15) is 6.92 Å². The number of hydrogen-bond acceptors (Lipinski definition) is 9. The van der Waals surface area contributed by atoms with E-state index in [0.29, 0.717) is 37.0 Å². The third-order valence-corrected chi connectivity index (χ3v) is 7.56. The number of thiazole rings is 1. The van der Waals surface area contributed by atoms with E-state index < -0.39 is 0 Å². The summed E-state index contributed by atoms with van der Waals surface area (Å²) < 4.78 is 12.6. The van der Waals surface area contributed by atoms with E-state index in [9.17, 15) is 4.79 Å². The van der Waals surface area contributed by atoms with Crippen LogP contribution in [0.15, 0.2) is 42.3 Å². The average Bonchev–Trinajstić information content (AvgIpc) is 3.65. The molecule has 0 saturated carbocycles. The Balaban J connectivity index is 1.19. The van der Waals surface area contributed by atoms with Crippen LogP contribution in [0.3, 0.4) is 0 Å². The molecule has 1 aromatic carbocycles. The van der Waals surface area contributed by atoms with Crippen molar-refractivity contribution in [2.24, 2.45) is 0 Å². The molecule has 0 aliphatic carbocycles. The zero-order valence-corrected chi connectivity index (χ0v) is 21.5. The van der Waals surface area contributed by atoms with E-state index in [-0.39, 0.29) is 18.5 Å². The van der Waals surface area contributed by atoms with Crippen LogP contribution in [0.4, 0.5) is 5.00 Å². The molecule has 12 heteroatoms. The van der Waals surface area contributed by atoms with Gasteiger partial charge in [-0.25, -0.2) is 19.9 Å². The van der Waals surface area contributed by atoms with Crippen molar-refractivity contribution in [2.45, 2.75) is 19.5 Å². The summed E-state index contributed by atoms with van der Waals surface area (Å²) in [5.74, 6) is 2.01. The molecule has 190 valence electrons. The molecule has 5 heterocycles. The Labute approximate surface area is 216 Å². The number of aromatic nitrogens is 6. The first-order valence-corrected chi connectivity index (χ1v) is 12.8. The number of benzene rings is 1. The highest BCUT2D eigenvalue weighted by Gasteiger charge is 2.30. The van der Waals surface area contributed by atoms with Crippen LogP contribution in [0, 0.1) is 0 Å². The van der Waals surface area contributed by atoms with Gasteiger partial charge in [-0.1, -0.05) is 0 Å². The Morgan fingerprint density at radius 3 is 2.78 bits per heavy atom. The number of fused-ring (bicyclic) bond motifs is 2. The number of rotatable bonds is 6. The minimum absolute atomic E-state index is 0.0307. The number of carbonyl (C=O) groups excluding carboxylic acids is 1. The molecule has 0 bridgehead atoms. The lowest BCUT2D eigenvalue weighted by Gasteiger charge is -2.40. The summed E-state index contributed by atoms with van der Waals surface area (Å²) in [5.41, 5.74) is 5.75. The highest BCUT2D eigenvalue weighted by atomic mass is 32.1. The van der Waals surface area contributed by atoms with E-state index in [0.717, 1.165) is 32.9 Å². The van der Waals surface area contributed by atoms with Crippen molar-refractivity contribution in [1.82, 2.24) is 34.4 Å². The molecule has 1 aliphatic heterocycles. The van der Waals surface area contributed by atoms with Crippen LogP contribution in [0.25, 0.3) is 33.7 Å². The molecule has 1 N–H and O–H groups in total. The largest absolute Gasteiger partial charge is 0.493 e. The average molecular weight is 519 g/mol. The summed E-state index contributed by atoms with van der Waals surface area (Å²) in [6.45, 7) is 4.32. The summed E-state index contributed by atoms with van der Waals surface area (Å²) in [4.78, 5) is 38.9. The fourth-order valence-corrected chi connectivity index (χ4v) is 5.67. The molecular weight excluding hydrogens is 492 g/mol. The maximum atomic E-state index is 13.2. The zero-order chi connectivity index (χ0) is 25.5. The second-order valence-corrected chi connectivity index (χ2v) is 9.75. The number of aromatic amines is 1. The molecular formula is C25H26N8O3S. The lowest BCUT2D eigenvalue weighted by molar-refractivity contribution is -0.134. The standard InChI is InChI=1S/C25H26N8O3S/c1-15-11-31(7-8-33(15)21(34)12-32-13-27-16-5-4-6-26-24(16)32)25-22(28-14-37-25)23-29-17-9-19(35-2)20(36-3)10-18(17)30-23/h4-6,9-10,13-15H,7-8,11-12H2,1-3H3,(H,29,30)/t15-/m1/s1. The van der Waals surface area contributed by atoms with E-state index in [2.05, 4.69) is 31.8 Å². The number of nitrogens with zero attached hydrogens (tertiary/aromatic N) is 7. The number of methoxy groups -OCH3 is 2. The number of hydrogen-bond donors (Lipinski definition) is 1. The normalized spacial score (nSPS) is 16.0. The maximum Gasteiger partial charge on any atom is 0.242 e. The highest BCUT2D eigenvalue weighted by Crippen LogP contribution is 2.37. The van der Waals surface area contributed by atoms with Gasteiger partial charge in [0.1, 0.15) is 22.8 Å². The summed E-state index contributed by atoms with van der Waals surface area (Å²) in [6.07, 6.45) is 3.40. The molecule has 0 radical (unpaired) electrons. The predicted molar refractivity (Wildman–Crippen MR) is 141 cm³/mol. The van der Waals surface area contributed by atoms with Crippen LogP contribution in [0.2, 0.25) is 0 Å². The predicted octanol–water partition coefficient (Wildman–Crippen LogP) is 3.19. The van der Waals surface area contributed by atoms with Gasteiger partial charge in [-0.3, -0.25) is 4.79 Å². The smallest absolute Gasteiger partial charge is 0.242 e. The number of ether oxygens (including phenoxy) is 2. The number of carbonyl (C=O) groups is 1. The van der Waals surface area contributed by atoms with Crippen molar-refractivity contribution in [3.8, 4) is 23.0 Å². The van der Waals surface area contributed by atoms with Crippen molar-refractivity contribution in [2.75, 3.05) is 38.8 Å². The van der Waals surface area contributed by atoms with Crippen LogP contribution in [0.5, 0.6) is 11.5 Å². The first-order valence-electron chi connectivity index (χ1n) is 11.9. The SMILES string of the molecule is COc1cc2nc(-c3ncsc3N3CCN(C(=O)Cn4cnc5cccnc54)[C@H](C)C3)[nH]c2cc1OC. The summed E-state index contributed by atoms with van der Waals surface area (Å²) in [5, 5.41) is 1.03. The monoisotopic (exact) mass is 518 g/mol. The minimum Gasteiger partial charge on any atom is -0.493 e. The Bertz CT molecular complexity index is 1550. The Morgan fingerprint density at radius 1 is 1.14 bits per heavy atom. The topological polar surface area (TPSA) is 114 Å². The van der Waals surface area contributed by atoms with Gasteiger partial charge < -0.3 is 28.8 Å². The molecule has 11 nitrogen and oxygen atoms in total. The van der Waals surface area contributed by atoms with Crippen molar-refractivity contribution < 1.29 is 14.3 Å². The first-order chi connectivity index (χ1) is 18.1. The van der Waals surface area contributed by atoms with Crippen LogP contribution >= 0.6 is 11.3 Å². The first kappa shape index (κ1) is 23.2. The number of amides is 1. The number of H-pyrrole nitrogens is 1. The van der Waals surface area contributed by atoms with Gasteiger partial charge in [-0.2, -0.15) is 0 Å². The Morgan fingerprint density at radius 2 is 1.97 bits per heavy atom. The van der Waals surface area contributed by atoms with Crippen molar-refractivity contribution >= 4 is 44.4 Å². The van der Waals surface area contributed by atoms with Gasteiger partial charge in [-0.15, -0.1) is 11.3 Å². The zero-order valence-electron chi connectivity index (χ0n) is 20.7. The molecule has 5 aromatic rings. The molecule has 1 amide bonds. The fourth-order valence-electron chi connectivity index (χ4n) is 4.84. The van der Waals surface area contributed by atoms with Crippen LogP contribution in [-0.4, -0.2) is 80.2 Å². The Hall–Kier alpha value is -4.19. The minimum atomic E-state index is 0.0307. The highest BCUT2D eigenvalue weighted by molar-refractivity contribution is 7.14. The van der Waals surface area contributed by atoms with E-state index >= 15 is 0 Å². The van der Waals surface area contributed by atoms with E-state index in [1.165, 1.54) is 0 Å². The molecule has 0 unspecified atom stereocenters. The lowest BCUT2D eigenvalue weighted by Crippen LogP contribution is -2.54. The summed E-state index contributed by atoms with van der Waals surface area (Å²) in [6, 6.07) is 7.50. The van der Waals surface area contributed by atoms with E-state index in [1.54, 1.807) is 38.1 Å². The van der Waals surface area contributed by atoms with Gasteiger partial charge in [0, 0.05) is 44.0 Å². The number of imidazole rings is 2. The van der Waals surface area contributed by atoms with Gasteiger partial charge in [-0.05, 0) is 19.1 Å². The van der Waals surface area contributed by atoms with Crippen molar-refractivity contribution in [1.29, 1.82) is 0 Å². The van der Waals surface area contributed by atoms with E-state index in [4.69, 9.17) is 14.5 Å². The van der Waals surface area contributed by atoms with Gasteiger partial charge in [0.15, 0.2) is 23.0 Å². The number of nitrogens with one attached hydrogen (secondary N) is 1. The molecule has 0 spiro atoms. The molecule has 37 heavy (non-hydrogen) atoms. The number of anilines is 1. The molecule has 1 saturated heterocycles. The van der Waals surface area contributed by atoms with Crippen molar-refractivity contribution in [3.63, 3.8) is 0 Å². The third-order valence-electron chi connectivity index (χ3n) is 6.68. The molecule has 6 rings (SSSR count). The molecule has 1 fully saturated rings. The van der Waals surface area contributed by atoms with Gasteiger partial charge in [0.2, 0.25) is 5.91 Å². The third kappa shape index (κ3) is 4.12. The molecule has 1 aliphatic rings. The van der Waals surface area contributed by atoms with Crippen molar-refractivity contribution in [3.05, 3.63) is 42.3 Å². The van der Waals surface area contributed by atoms with Gasteiger partial charge in [0.25, 0.3) is 0 Å². The van der Waals surface area contributed by atoms with Gasteiger partial charge >= 0.3 is 0 Å². The Kier molecular flexibility index (Phi) is 5.87. The molecule has 4 aromatic heterocycles. The molecule has 1 atom stereocenters. The second kappa shape index (κ2) is 9.36. The van der Waals surface area contributed by atoms with E-state index in [1.807, 2.05) is 39.2 Å². The fraction of sp³-hybridized carbons (Fsp3) is 0.320. The maximum absolute atomic E-state index is 13.2. The van der Waals surface area contributed by atoms with Crippen LogP contribution < -0.4 is 14.4 Å².